The number of rotatable bonds is 4. The first-order chi connectivity index (χ1) is 13.3. The maximum absolute atomic E-state index is 12.2. The Morgan fingerprint density at radius 3 is 1.25 bits per heavy atom. The molecule has 10 heteroatoms. The number of aromatic nitrogens is 2. The number of nitro benzene ring substituents is 2. The molecule has 0 bridgehead atoms. The molecule has 1 heterocycles. The molecule has 0 aliphatic rings. The Labute approximate surface area is 155 Å². The fourth-order valence-electron chi connectivity index (χ4n) is 2.41. The van der Waals surface area contributed by atoms with Crippen LogP contribution in [0.2, 0.25) is 0 Å². The highest BCUT2D eigenvalue weighted by Gasteiger charge is 2.04. The van der Waals surface area contributed by atoms with E-state index in [9.17, 15) is 29.8 Å². The summed E-state index contributed by atoms with van der Waals surface area (Å²) in [5.41, 5.74) is -0.310. The monoisotopic (exact) mass is 380 g/mol. The van der Waals surface area contributed by atoms with Crippen molar-refractivity contribution >= 4 is 23.5 Å². The third-order valence-corrected chi connectivity index (χ3v) is 3.82. The lowest BCUT2D eigenvalue weighted by molar-refractivity contribution is -0.385. The van der Waals surface area contributed by atoms with E-state index in [4.69, 9.17) is 0 Å². The normalized spacial score (nSPS) is 12.1. The Balaban J connectivity index is 2.01. The van der Waals surface area contributed by atoms with Gasteiger partial charge in [0.25, 0.3) is 22.5 Å². The van der Waals surface area contributed by atoms with Crippen molar-refractivity contribution in [3.8, 4) is 0 Å². The second-order valence-electron chi connectivity index (χ2n) is 5.72. The molecule has 0 radical (unpaired) electrons. The predicted molar refractivity (Wildman–Crippen MR) is 100 cm³/mol. The Hall–Kier alpha value is -4.34. The Morgan fingerprint density at radius 1 is 0.643 bits per heavy atom. The fraction of sp³-hybridized carbons (Fsp3) is 0. The van der Waals surface area contributed by atoms with Gasteiger partial charge in [-0.1, -0.05) is 0 Å². The highest BCUT2D eigenvalue weighted by molar-refractivity contribution is 5.52. The van der Waals surface area contributed by atoms with E-state index in [1.54, 1.807) is 0 Å². The quantitative estimate of drug-likeness (QED) is 0.498. The maximum Gasteiger partial charge on any atom is 0.272 e. The number of nitro groups is 2. The van der Waals surface area contributed by atoms with Crippen LogP contribution in [0.4, 0.5) is 11.4 Å². The number of nitrogens with zero attached hydrogens (tertiary/aromatic N) is 2. The molecule has 3 rings (SSSR count). The zero-order chi connectivity index (χ0) is 20.3. The smallest absolute Gasteiger partial charge is 0.272 e. The van der Waals surface area contributed by atoms with Crippen molar-refractivity contribution in [2.45, 2.75) is 0 Å². The highest BCUT2D eigenvalue weighted by atomic mass is 16.6. The molecule has 3 aromatic rings. The van der Waals surface area contributed by atoms with Gasteiger partial charge in [-0.15, -0.1) is 0 Å². The van der Waals surface area contributed by atoms with Crippen molar-refractivity contribution < 1.29 is 9.85 Å². The van der Waals surface area contributed by atoms with Gasteiger partial charge in [-0.25, -0.2) is 0 Å². The van der Waals surface area contributed by atoms with Crippen LogP contribution >= 0.6 is 0 Å². The molecule has 0 saturated heterocycles. The molecule has 0 aliphatic carbocycles. The fourth-order valence-corrected chi connectivity index (χ4v) is 2.41. The average Bonchev–Trinajstić information content (AvgIpc) is 2.66. The summed E-state index contributed by atoms with van der Waals surface area (Å²) in [5.74, 6) is 0. The van der Waals surface area contributed by atoms with E-state index in [0.29, 0.717) is 11.1 Å². The van der Waals surface area contributed by atoms with Gasteiger partial charge in [-0.2, -0.15) is 0 Å². The van der Waals surface area contributed by atoms with E-state index in [1.165, 1.54) is 60.7 Å². The summed E-state index contributed by atoms with van der Waals surface area (Å²) in [5, 5.41) is 21.3. The standard InChI is InChI=1S/C18H12N4O6/c23-17-15(9-11-1-5-13(6-2-11)21(25)26)19-18(24)16(20-17)10-12-3-7-14(8-4-12)22(27)28/h1-10H,(H,19,24)(H,20,23)/b15-9-,16-10-. The molecule has 1 aromatic heterocycles. The van der Waals surface area contributed by atoms with Crippen LogP contribution in [0.1, 0.15) is 11.1 Å². The van der Waals surface area contributed by atoms with E-state index in [2.05, 4.69) is 9.97 Å². The van der Waals surface area contributed by atoms with E-state index in [1.807, 2.05) is 0 Å². The van der Waals surface area contributed by atoms with Crippen molar-refractivity contribution in [1.29, 1.82) is 0 Å². The summed E-state index contributed by atoms with van der Waals surface area (Å²) in [6.07, 6.45) is 2.78. The first-order valence-electron chi connectivity index (χ1n) is 7.88. The van der Waals surface area contributed by atoms with Crippen LogP contribution < -0.4 is 21.8 Å². The molecule has 0 saturated carbocycles. The number of hydrogen-bond donors (Lipinski definition) is 2. The molecule has 0 amide bonds. The van der Waals surface area contributed by atoms with Gasteiger partial charge in [0.1, 0.15) is 10.7 Å². The number of benzene rings is 2. The zero-order valence-corrected chi connectivity index (χ0v) is 14.1. The average molecular weight is 380 g/mol. The van der Waals surface area contributed by atoms with Crippen molar-refractivity contribution in [2.24, 2.45) is 0 Å². The molecule has 0 fully saturated rings. The van der Waals surface area contributed by atoms with Gasteiger partial charge in [-0.3, -0.25) is 29.8 Å². The lowest BCUT2D eigenvalue weighted by Gasteiger charge is -1.95. The van der Waals surface area contributed by atoms with Gasteiger partial charge in [0.05, 0.1) is 9.85 Å². The molecule has 0 spiro atoms. The number of aromatic amines is 2. The van der Waals surface area contributed by atoms with Crippen LogP contribution in [0.15, 0.2) is 58.1 Å². The Kier molecular flexibility index (Phi) is 4.94. The summed E-state index contributed by atoms with van der Waals surface area (Å²) >= 11 is 0. The molecule has 0 aliphatic heterocycles. The van der Waals surface area contributed by atoms with Crippen LogP contribution in [-0.2, 0) is 0 Å². The van der Waals surface area contributed by atoms with Crippen molar-refractivity contribution in [3.05, 3.63) is 111 Å². The lowest BCUT2D eigenvalue weighted by Crippen LogP contribution is -2.46. The first-order valence-corrected chi connectivity index (χ1v) is 7.88. The minimum atomic E-state index is -0.564. The van der Waals surface area contributed by atoms with Crippen molar-refractivity contribution in [3.63, 3.8) is 0 Å². The number of non-ortho nitro benzene ring substituents is 2. The van der Waals surface area contributed by atoms with Gasteiger partial charge in [0.2, 0.25) is 0 Å². The Bertz CT molecular complexity index is 1180. The largest absolute Gasteiger partial charge is 0.316 e. The minimum Gasteiger partial charge on any atom is -0.316 e. The highest BCUT2D eigenvalue weighted by Crippen LogP contribution is 2.12. The maximum atomic E-state index is 12.2. The van der Waals surface area contributed by atoms with Gasteiger partial charge >= 0.3 is 0 Å². The topological polar surface area (TPSA) is 152 Å². The molecule has 140 valence electrons. The SMILES string of the molecule is O=c1[nH]/c(=C\c2ccc([N+](=O)[O-])cc2)c(=O)[nH]/c1=C\c1ccc([N+](=O)[O-])cc1. The Morgan fingerprint density at radius 2 is 0.964 bits per heavy atom. The number of hydrogen-bond acceptors (Lipinski definition) is 6. The summed E-state index contributed by atoms with van der Waals surface area (Å²) in [4.78, 5) is 49.6. The molecular weight excluding hydrogens is 368 g/mol. The molecule has 2 N–H and O–H groups in total. The van der Waals surface area contributed by atoms with Crippen molar-refractivity contribution in [2.75, 3.05) is 0 Å². The molecule has 2 aromatic carbocycles. The van der Waals surface area contributed by atoms with Crippen LogP contribution in [0.3, 0.4) is 0 Å². The van der Waals surface area contributed by atoms with Gasteiger partial charge in [-0.05, 0) is 47.5 Å². The van der Waals surface area contributed by atoms with Gasteiger partial charge < -0.3 is 9.97 Å². The zero-order valence-electron chi connectivity index (χ0n) is 14.1. The summed E-state index contributed by atoms with van der Waals surface area (Å²) in [6.45, 7) is 0. The first kappa shape index (κ1) is 18.5. The van der Waals surface area contributed by atoms with E-state index in [-0.39, 0.29) is 22.1 Å². The second kappa shape index (κ2) is 7.50. The second-order valence-corrected chi connectivity index (χ2v) is 5.72. The van der Waals surface area contributed by atoms with Crippen LogP contribution in [0.5, 0.6) is 0 Å². The molecular formula is C18H12N4O6. The van der Waals surface area contributed by atoms with Gasteiger partial charge in [0, 0.05) is 24.3 Å². The van der Waals surface area contributed by atoms with Crippen LogP contribution in [0, 0.1) is 20.2 Å². The summed E-state index contributed by atoms with van der Waals surface area (Å²) < 4.78 is 0. The summed E-state index contributed by atoms with van der Waals surface area (Å²) in [6, 6.07) is 11.0. The molecule has 0 unspecified atom stereocenters. The van der Waals surface area contributed by atoms with E-state index in [0.717, 1.165) is 0 Å². The predicted octanol–water partition coefficient (Wildman–Crippen LogP) is 0.537. The third-order valence-electron chi connectivity index (χ3n) is 3.82. The van der Waals surface area contributed by atoms with E-state index >= 15 is 0 Å². The van der Waals surface area contributed by atoms with Gasteiger partial charge in [0.15, 0.2) is 0 Å². The molecule has 0 atom stereocenters. The van der Waals surface area contributed by atoms with Crippen LogP contribution in [0.25, 0.3) is 12.2 Å². The number of nitrogens with one attached hydrogen (secondary N) is 2. The van der Waals surface area contributed by atoms with E-state index < -0.39 is 21.0 Å². The van der Waals surface area contributed by atoms with Crippen molar-refractivity contribution in [1.82, 2.24) is 9.97 Å². The van der Waals surface area contributed by atoms with Crippen LogP contribution in [-0.4, -0.2) is 19.8 Å². The third kappa shape index (κ3) is 4.07. The molecule has 28 heavy (non-hydrogen) atoms. The number of H-pyrrole nitrogens is 2. The lowest BCUT2D eigenvalue weighted by atomic mass is 10.2. The summed E-state index contributed by atoms with van der Waals surface area (Å²) in [7, 11) is 0. The molecule has 10 nitrogen and oxygen atoms in total. The minimum absolute atomic E-state index is 0.0142.